The van der Waals surface area contributed by atoms with Crippen LogP contribution in [-0.4, -0.2) is 4.57 Å². The highest BCUT2D eigenvalue weighted by atomic mass is 16.3. The minimum absolute atomic E-state index is 0.913. The van der Waals surface area contributed by atoms with Gasteiger partial charge in [0.15, 0.2) is 0 Å². The smallest absolute Gasteiger partial charge is 0.136 e. The van der Waals surface area contributed by atoms with Gasteiger partial charge in [0.1, 0.15) is 22.3 Å². The van der Waals surface area contributed by atoms with Crippen molar-refractivity contribution in [1.29, 1.82) is 0 Å². The molecule has 0 aliphatic heterocycles. The first-order valence-electron chi connectivity index (χ1n) is 15.3. The van der Waals surface area contributed by atoms with E-state index in [4.69, 9.17) is 8.83 Å². The van der Waals surface area contributed by atoms with Crippen LogP contribution in [0.2, 0.25) is 0 Å². The number of nitrogens with zero attached hydrogens (tertiary/aromatic N) is 1. The van der Waals surface area contributed by atoms with Crippen molar-refractivity contribution in [2.24, 2.45) is 0 Å². The van der Waals surface area contributed by atoms with Crippen molar-refractivity contribution < 1.29 is 8.83 Å². The number of aromatic nitrogens is 1. The second kappa shape index (κ2) is 9.22. The lowest BCUT2D eigenvalue weighted by atomic mass is 9.98. The molecular weight excluding hydrogens is 550 g/mol. The van der Waals surface area contributed by atoms with Crippen LogP contribution in [-0.2, 0) is 0 Å². The van der Waals surface area contributed by atoms with Gasteiger partial charge in [-0.2, -0.15) is 0 Å². The zero-order chi connectivity index (χ0) is 29.5. The summed E-state index contributed by atoms with van der Waals surface area (Å²) in [5.74, 6) is 0. The molecule has 10 rings (SSSR count). The predicted octanol–water partition coefficient (Wildman–Crippen LogP) is 11.9. The second-order valence-electron chi connectivity index (χ2n) is 11.7. The Bertz CT molecular complexity index is 2760. The number of para-hydroxylation sites is 3. The van der Waals surface area contributed by atoms with Crippen molar-refractivity contribution >= 4 is 65.7 Å². The highest BCUT2D eigenvalue weighted by Gasteiger charge is 2.16. The topological polar surface area (TPSA) is 31.2 Å². The van der Waals surface area contributed by atoms with Crippen LogP contribution in [0.3, 0.4) is 0 Å². The van der Waals surface area contributed by atoms with Crippen LogP contribution in [0, 0.1) is 0 Å². The zero-order valence-corrected chi connectivity index (χ0v) is 24.2. The third-order valence-electron chi connectivity index (χ3n) is 9.22. The fourth-order valence-corrected chi connectivity index (χ4v) is 7.14. The van der Waals surface area contributed by atoms with E-state index in [1.54, 1.807) is 0 Å². The van der Waals surface area contributed by atoms with E-state index in [1.165, 1.54) is 44.1 Å². The molecule has 45 heavy (non-hydrogen) atoms. The van der Waals surface area contributed by atoms with Crippen molar-refractivity contribution in [3.63, 3.8) is 0 Å². The first-order valence-corrected chi connectivity index (χ1v) is 15.3. The number of benzene rings is 7. The normalized spacial score (nSPS) is 12.0. The van der Waals surface area contributed by atoms with E-state index in [9.17, 15) is 0 Å². The second-order valence-corrected chi connectivity index (χ2v) is 11.7. The van der Waals surface area contributed by atoms with Gasteiger partial charge in [-0.25, -0.2) is 0 Å². The maximum atomic E-state index is 6.20. The zero-order valence-electron chi connectivity index (χ0n) is 24.2. The van der Waals surface area contributed by atoms with E-state index in [0.29, 0.717) is 0 Å². The molecule has 10 aromatic rings. The highest BCUT2D eigenvalue weighted by molar-refractivity contribution is 6.15. The summed E-state index contributed by atoms with van der Waals surface area (Å²) in [6.07, 6.45) is 0. The molecule has 3 aromatic heterocycles. The highest BCUT2D eigenvalue weighted by Crippen LogP contribution is 2.40. The van der Waals surface area contributed by atoms with Crippen molar-refractivity contribution in [1.82, 2.24) is 4.57 Å². The summed E-state index contributed by atoms with van der Waals surface area (Å²) in [5.41, 5.74) is 11.9. The van der Waals surface area contributed by atoms with Gasteiger partial charge in [0.25, 0.3) is 0 Å². The van der Waals surface area contributed by atoms with Crippen LogP contribution >= 0.6 is 0 Å². The summed E-state index contributed by atoms with van der Waals surface area (Å²) < 4.78 is 14.6. The first kappa shape index (κ1) is 24.4. The minimum Gasteiger partial charge on any atom is -0.456 e. The van der Waals surface area contributed by atoms with E-state index in [0.717, 1.165) is 49.6 Å². The molecule has 0 aliphatic rings. The van der Waals surface area contributed by atoms with Gasteiger partial charge in [0.05, 0.1) is 11.0 Å². The Labute approximate surface area is 258 Å². The number of fused-ring (bicyclic) bond motifs is 9. The molecular formula is C42H25NO2. The molecule has 0 spiro atoms. The van der Waals surface area contributed by atoms with Crippen molar-refractivity contribution in [2.45, 2.75) is 0 Å². The molecule has 0 radical (unpaired) electrons. The minimum atomic E-state index is 0.913. The molecule has 210 valence electrons. The lowest BCUT2D eigenvalue weighted by molar-refractivity contribution is 0.668. The summed E-state index contributed by atoms with van der Waals surface area (Å²) in [6, 6.07) is 53.8. The molecule has 0 amide bonds. The van der Waals surface area contributed by atoms with Gasteiger partial charge in [-0.3, -0.25) is 0 Å². The monoisotopic (exact) mass is 575 g/mol. The van der Waals surface area contributed by atoms with Crippen LogP contribution < -0.4 is 0 Å². The van der Waals surface area contributed by atoms with Gasteiger partial charge in [-0.1, -0.05) is 91.0 Å². The standard InChI is InChI=1S/C42H25NO2/c1-4-12-36-31(8-1)34-25-28(30-11-7-15-41-42(30)33-10-3-6-14-39(33)45-41)18-22-37(34)43(36)29-20-16-26(17-21-29)27-19-23-40-35(24-27)32-9-2-5-13-38(32)44-40/h1-25H. The summed E-state index contributed by atoms with van der Waals surface area (Å²) >= 11 is 0. The fourth-order valence-electron chi connectivity index (χ4n) is 7.14. The first-order chi connectivity index (χ1) is 22.3. The molecule has 0 unspecified atom stereocenters. The summed E-state index contributed by atoms with van der Waals surface area (Å²) in [7, 11) is 0. The Morgan fingerprint density at radius 3 is 1.82 bits per heavy atom. The largest absolute Gasteiger partial charge is 0.456 e. The van der Waals surface area contributed by atoms with Crippen LogP contribution in [0.15, 0.2) is 160 Å². The maximum Gasteiger partial charge on any atom is 0.136 e. The number of hydrogen-bond acceptors (Lipinski definition) is 2. The predicted molar refractivity (Wildman–Crippen MR) is 186 cm³/mol. The number of hydrogen-bond donors (Lipinski definition) is 0. The molecule has 0 aliphatic carbocycles. The molecule has 0 bridgehead atoms. The van der Waals surface area contributed by atoms with E-state index < -0.39 is 0 Å². The molecule has 0 N–H and O–H groups in total. The summed E-state index contributed by atoms with van der Waals surface area (Å²) in [5, 5.41) is 7.06. The van der Waals surface area contributed by atoms with E-state index >= 15 is 0 Å². The van der Waals surface area contributed by atoms with Crippen molar-refractivity contribution in [2.75, 3.05) is 0 Å². The van der Waals surface area contributed by atoms with Crippen LogP contribution in [0.5, 0.6) is 0 Å². The average molecular weight is 576 g/mol. The SMILES string of the molecule is c1ccc2c(c1)oc1ccc(-c3ccc(-n4c5ccccc5c5cc(-c6cccc7oc8ccccc8c67)ccc54)cc3)cc12. The van der Waals surface area contributed by atoms with Gasteiger partial charge >= 0.3 is 0 Å². The fraction of sp³-hybridized carbons (Fsp3) is 0. The lowest BCUT2D eigenvalue weighted by Crippen LogP contribution is -1.93. The van der Waals surface area contributed by atoms with Crippen molar-refractivity contribution in [3.8, 4) is 27.9 Å². The Morgan fingerprint density at radius 1 is 0.356 bits per heavy atom. The molecule has 3 heteroatoms. The van der Waals surface area contributed by atoms with Gasteiger partial charge in [0.2, 0.25) is 0 Å². The Kier molecular flexibility index (Phi) is 5.00. The molecule has 0 saturated carbocycles. The maximum absolute atomic E-state index is 6.20. The Balaban J connectivity index is 1.11. The summed E-state index contributed by atoms with van der Waals surface area (Å²) in [6.45, 7) is 0. The number of rotatable bonds is 3. The average Bonchev–Trinajstić information content (AvgIpc) is 3.77. The van der Waals surface area contributed by atoms with Gasteiger partial charge in [0, 0.05) is 38.0 Å². The van der Waals surface area contributed by atoms with E-state index in [-0.39, 0.29) is 0 Å². The third kappa shape index (κ3) is 3.58. The van der Waals surface area contributed by atoms with Crippen molar-refractivity contribution in [3.05, 3.63) is 152 Å². The quantitative estimate of drug-likeness (QED) is 0.210. The molecule has 0 saturated heterocycles. The Morgan fingerprint density at radius 2 is 0.956 bits per heavy atom. The Hall–Kier alpha value is -6.06. The number of furan rings is 2. The lowest BCUT2D eigenvalue weighted by Gasteiger charge is -2.10. The molecule has 0 fully saturated rings. The van der Waals surface area contributed by atoms with Gasteiger partial charge in [-0.05, 0) is 82.9 Å². The van der Waals surface area contributed by atoms with Crippen LogP contribution in [0.1, 0.15) is 0 Å². The molecule has 7 aromatic carbocycles. The van der Waals surface area contributed by atoms with Gasteiger partial charge in [-0.15, -0.1) is 0 Å². The van der Waals surface area contributed by atoms with E-state index in [1.807, 2.05) is 24.3 Å². The van der Waals surface area contributed by atoms with Crippen LogP contribution in [0.25, 0.3) is 93.6 Å². The molecule has 3 heterocycles. The molecule has 0 atom stereocenters. The third-order valence-corrected chi connectivity index (χ3v) is 9.22. The van der Waals surface area contributed by atoms with Gasteiger partial charge < -0.3 is 13.4 Å². The van der Waals surface area contributed by atoms with E-state index in [2.05, 4.69) is 132 Å². The summed E-state index contributed by atoms with van der Waals surface area (Å²) in [4.78, 5) is 0. The molecule has 3 nitrogen and oxygen atoms in total. The van der Waals surface area contributed by atoms with Crippen LogP contribution in [0.4, 0.5) is 0 Å².